The van der Waals surface area contributed by atoms with Crippen molar-refractivity contribution in [1.82, 2.24) is 5.32 Å². The molecule has 0 unspecified atom stereocenters. The fourth-order valence-electron chi connectivity index (χ4n) is 2.11. The van der Waals surface area contributed by atoms with Gasteiger partial charge in [-0.2, -0.15) is 0 Å². The van der Waals surface area contributed by atoms with Crippen molar-refractivity contribution in [2.45, 2.75) is 26.2 Å². The molecule has 1 N–H and O–H groups in total. The molecule has 1 fully saturated rings. The molecule has 1 aromatic carbocycles. The van der Waals surface area contributed by atoms with E-state index < -0.39 is 0 Å². The molecule has 1 aliphatic carbocycles. The Labute approximate surface area is 98.0 Å². The van der Waals surface area contributed by atoms with Gasteiger partial charge in [0, 0.05) is 13.1 Å². The lowest BCUT2D eigenvalue weighted by Crippen LogP contribution is -2.38. The number of benzene rings is 1. The van der Waals surface area contributed by atoms with Gasteiger partial charge >= 0.3 is 0 Å². The van der Waals surface area contributed by atoms with Gasteiger partial charge < -0.3 is 10.1 Å². The van der Waals surface area contributed by atoms with Crippen molar-refractivity contribution in [3.63, 3.8) is 0 Å². The minimum absolute atomic E-state index is 0.562. The monoisotopic (exact) mass is 219 g/mol. The van der Waals surface area contributed by atoms with Gasteiger partial charge in [0.15, 0.2) is 0 Å². The lowest BCUT2D eigenvalue weighted by Gasteiger charge is -2.38. The summed E-state index contributed by atoms with van der Waals surface area (Å²) in [6, 6.07) is 9.99. The first kappa shape index (κ1) is 11.5. The summed E-state index contributed by atoms with van der Waals surface area (Å²) in [5.41, 5.74) is 0.562. The molecule has 2 rings (SSSR count). The summed E-state index contributed by atoms with van der Waals surface area (Å²) in [7, 11) is 0. The van der Waals surface area contributed by atoms with Gasteiger partial charge in [-0.1, -0.05) is 31.5 Å². The normalized spacial score (nSPS) is 17.8. The second-order valence-electron chi connectivity index (χ2n) is 5.00. The first-order valence-electron chi connectivity index (χ1n) is 6.17. The first-order valence-corrected chi connectivity index (χ1v) is 6.17. The third-order valence-corrected chi connectivity index (χ3v) is 3.40. The molecule has 1 saturated carbocycles. The van der Waals surface area contributed by atoms with Gasteiger partial charge in [-0.05, 0) is 30.4 Å². The predicted octanol–water partition coefficient (Wildman–Crippen LogP) is 2.85. The number of ether oxygens (including phenoxy) is 1. The van der Waals surface area contributed by atoms with E-state index in [0.717, 1.165) is 25.4 Å². The average Bonchev–Trinajstić information content (AvgIpc) is 2.28. The Balaban J connectivity index is 1.55. The highest BCUT2D eigenvalue weighted by Gasteiger charge is 2.30. The van der Waals surface area contributed by atoms with Crippen molar-refractivity contribution in [3.8, 4) is 5.75 Å². The van der Waals surface area contributed by atoms with E-state index >= 15 is 0 Å². The Hall–Kier alpha value is -1.02. The van der Waals surface area contributed by atoms with Crippen LogP contribution in [-0.4, -0.2) is 19.7 Å². The number of hydrogen-bond acceptors (Lipinski definition) is 2. The van der Waals surface area contributed by atoms with Crippen LogP contribution < -0.4 is 10.1 Å². The second-order valence-corrected chi connectivity index (χ2v) is 5.00. The fraction of sp³-hybridized carbons (Fsp3) is 0.571. The molecule has 1 aliphatic rings. The predicted molar refractivity (Wildman–Crippen MR) is 66.8 cm³/mol. The number of hydrogen-bond donors (Lipinski definition) is 1. The second kappa shape index (κ2) is 5.35. The maximum absolute atomic E-state index is 5.61. The van der Waals surface area contributed by atoms with Crippen molar-refractivity contribution in [2.75, 3.05) is 19.7 Å². The summed E-state index contributed by atoms with van der Waals surface area (Å²) >= 11 is 0. The maximum atomic E-state index is 5.61. The summed E-state index contributed by atoms with van der Waals surface area (Å²) in [5.74, 6) is 0.958. The molecule has 0 radical (unpaired) electrons. The zero-order chi connectivity index (χ0) is 11.3. The van der Waals surface area contributed by atoms with Crippen LogP contribution in [0, 0.1) is 5.41 Å². The van der Waals surface area contributed by atoms with Crippen LogP contribution in [0.1, 0.15) is 26.2 Å². The third kappa shape index (κ3) is 3.24. The van der Waals surface area contributed by atoms with E-state index in [4.69, 9.17) is 4.74 Å². The van der Waals surface area contributed by atoms with Crippen molar-refractivity contribution >= 4 is 0 Å². The van der Waals surface area contributed by atoms with Crippen LogP contribution in [0.5, 0.6) is 5.75 Å². The highest BCUT2D eigenvalue weighted by atomic mass is 16.5. The molecule has 0 heterocycles. The lowest BCUT2D eigenvalue weighted by atomic mass is 9.70. The van der Waals surface area contributed by atoms with E-state index in [1.165, 1.54) is 19.3 Å². The quantitative estimate of drug-likeness (QED) is 0.743. The average molecular weight is 219 g/mol. The minimum atomic E-state index is 0.562. The molecule has 0 saturated heterocycles. The SMILES string of the molecule is CC1(CNCCOc2ccccc2)CCC1. The first-order chi connectivity index (χ1) is 7.79. The molecular weight excluding hydrogens is 198 g/mol. The molecule has 1 aromatic rings. The van der Waals surface area contributed by atoms with Crippen LogP contribution in [0.15, 0.2) is 30.3 Å². The summed E-state index contributed by atoms with van der Waals surface area (Å²) in [5, 5.41) is 3.47. The van der Waals surface area contributed by atoms with Crippen molar-refractivity contribution in [1.29, 1.82) is 0 Å². The van der Waals surface area contributed by atoms with Gasteiger partial charge in [0.05, 0.1) is 0 Å². The topological polar surface area (TPSA) is 21.3 Å². The van der Waals surface area contributed by atoms with Crippen LogP contribution in [0.25, 0.3) is 0 Å². The molecular formula is C14H21NO. The van der Waals surface area contributed by atoms with Crippen LogP contribution in [-0.2, 0) is 0 Å². The smallest absolute Gasteiger partial charge is 0.119 e. The Morgan fingerprint density at radius 2 is 2.00 bits per heavy atom. The van der Waals surface area contributed by atoms with Crippen LogP contribution in [0.3, 0.4) is 0 Å². The lowest BCUT2D eigenvalue weighted by molar-refractivity contribution is 0.154. The zero-order valence-corrected chi connectivity index (χ0v) is 10.0. The highest BCUT2D eigenvalue weighted by molar-refractivity contribution is 5.20. The summed E-state index contributed by atoms with van der Waals surface area (Å²) in [6.45, 7) is 5.18. The molecule has 16 heavy (non-hydrogen) atoms. The minimum Gasteiger partial charge on any atom is -0.492 e. The van der Waals surface area contributed by atoms with Gasteiger partial charge in [0.25, 0.3) is 0 Å². The summed E-state index contributed by atoms with van der Waals surface area (Å²) < 4.78 is 5.61. The largest absolute Gasteiger partial charge is 0.492 e. The van der Waals surface area contributed by atoms with Gasteiger partial charge in [0.2, 0.25) is 0 Å². The third-order valence-electron chi connectivity index (χ3n) is 3.40. The molecule has 0 aromatic heterocycles. The molecule has 0 amide bonds. The van der Waals surface area contributed by atoms with Gasteiger partial charge in [-0.3, -0.25) is 0 Å². The molecule has 0 bridgehead atoms. The van der Waals surface area contributed by atoms with E-state index in [0.29, 0.717) is 5.41 Å². The maximum Gasteiger partial charge on any atom is 0.119 e. The van der Waals surface area contributed by atoms with E-state index in [-0.39, 0.29) is 0 Å². The standard InChI is InChI=1S/C14H21NO/c1-14(8-5-9-14)12-15-10-11-16-13-6-3-2-4-7-13/h2-4,6-7,15H,5,8-12H2,1H3. The summed E-state index contributed by atoms with van der Waals surface area (Å²) in [6.07, 6.45) is 4.15. The van der Waals surface area contributed by atoms with Crippen molar-refractivity contribution in [2.24, 2.45) is 5.41 Å². The van der Waals surface area contributed by atoms with Crippen LogP contribution in [0.2, 0.25) is 0 Å². The molecule has 0 aliphatic heterocycles. The Morgan fingerprint density at radius 3 is 2.62 bits per heavy atom. The number of nitrogens with one attached hydrogen (secondary N) is 1. The highest BCUT2D eigenvalue weighted by Crippen LogP contribution is 2.39. The number of para-hydroxylation sites is 1. The molecule has 2 heteroatoms. The summed E-state index contributed by atoms with van der Waals surface area (Å²) in [4.78, 5) is 0. The number of rotatable bonds is 6. The van der Waals surface area contributed by atoms with Gasteiger partial charge in [0.1, 0.15) is 12.4 Å². The zero-order valence-electron chi connectivity index (χ0n) is 10.0. The Bertz CT molecular complexity index is 306. The molecule has 0 spiro atoms. The van der Waals surface area contributed by atoms with Gasteiger partial charge in [-0.25, -0.2) is 0 Å². The van der Waals surface area contributed by atoms with Gasteiger partial charge in [-0.15, -0.1) is 0 Å². The molecule has 88 valence electrons. The Morgan fingerprint density at radius 1 is 1.25 bits per heavy atom. The van der Waals surface area contributed by atoms with Crippen LogP contribution >= 0.6 is 0 Å². The van der Waals surface area contributed by atoms with Crippen molar-refractivity contribution in [3.05, 3.63) is 30.3 Å². The van der Waals surface area contributed by atoms with Crippen LogP contribution in [0.4, 0.5) is 0 Å². The molecule has 2 nitrogen and oxygen atoms in total. The fourth-order valence-corrected chi connectivity index (χ4v) is 2.11. The van der Waals surface area contributed by atoms with E-state index in [1.54, 1.807) is 0 Å². The van der Waals surface area contributed by atoms with E-state index in [2.05, 4.69) is 12.2 Å². The van der Waals surface area contributed by atoms with E-state index in [1.807, 2.05) is 30.3 Å². The van der Waals surface area contributed by atoms with Crippen molar-refractivity contribution < 1.29 is 4.74 Å². The molecule has 0 atom stereocenters. The Kier molecular flexibility index (Phi) is 3.83. The van der Waals surface area contributed by atoms with E-state index in [9.17, 15) is 0 Å².